The molecule has 1 N–H and O–H groups in total. The van der Waals surface area contributed by atoms with Crippen LogP contribution in [0.1, 0.15) is 17.2 Å². The fraction of sp³-hybridized carbons (Fsp3) is 0.0588. The van der Waals surface area contributed by atoms with Crippen molar-refractivity contribution < 1.29 is 9.50 Å². The van der Waals surface area contributed by atoms with Crippen LogP contribution < -0.4 is 0 Å². The van der Waals surface area contributed by atoms with E-state index >= 15 is 0 Å². The first kappa shape index (κ1) is 14.5. The van der Waals surface area contributed by atoms with Gasteiger partial charge in [0.15, 0.2) is 0 Å². The average molecular weight is 366 g/mol. The van der Waals surface area contributed by atoms with E-state index in [0.717, 1.165) is 4.47 Å². The maximum absolute atomic E-state index is 13.9. The van der Waals surface area contributed by atoms with Crippen molar-refractivity contribution in [2.75, 3.05) is 0 Å². The molecular weight excluding hydrogens is 355 g/mol. The molecule has 4 heteroatoms. The number of hydrogen-bond donors (Lipinski definition) is 1. The van der Waals surface area contributed by atoms with Crippen molar-refractivity contribution in [2.24, 2.45) is 0 Å². The minimum atomic E-state index is -0.859. The van der Waals surface area contributed by atoms with E-state index in [1.165, 1.54) is 6.07 Å². The van der Waals surface area contributed by atoms with Crippen LogP contribution in [0.3, 0.4) is 0 Å². The summed E-state index contributed by atoms with van der Waals surface area (Å²) in [5.74, 6) is -0.295. The monoisotopic (exact) mass is 364 g/mol. The third-order valence-electron chi connectivity index (χ3n) is 3.46. The van der Waals surface area contributed by atoms with Gasteiger partial charge in [-0.05, 0) is 34.7 Å². The second kappa shape index (κ2) is 5.76. The Morgan fingerprint density at radius 2 is 1.62 bits per heavy atom. The summed E-state index contributed by atoms with van der Waals surface area (Å²) in [6.45, 7) is 0. The Hall–Kier alpha value is -1.42. The number of rotatable bonds is 2. The Morgan fingerprint density at radius 1 is 0.952 bits per heavy atom. The van der Waals surface area contributed by atoms with Gasteiger partial charge in [0.25, 0.3) is 0 Å². The zero-order valence-electron chi connectivity index (χ0n) is 10.9. The summed E-state index contributed by atoms with van der Waals surface area (Å²) in [7, 11) is 0. The summed E-state index contributed by atoms with van der Waals surface area (Å²) in [5, 5.41) is 12.4. The van der Waals surface area contributed by atoms with Gasteiger partial charge in [-0.3, -0.25) is 0 Å². The van der Waals surface area contributed by atoms with Crippen molar-refractivity contribution in [3.05, 3.63) is 81.0 Å². The van der Waals surface area contributed by atoms with Crippen LogP contribution in [0, 0.1) is 5.82 Å². The predicted octanol–water partition coefficient (Wildman–Crippen LogP) is 5.48. The minimum Gasteiger partial charge on any atom is -0.384 e. The van der Waals surface area contributed by atoms with Gasteiger partial charge in [0.1, 0.15) is 11.9 Å². The zero-order chi connectivity index (χ0) is 15.0. The molecule has 0 saturated carbocycles. The smallest absolute Gasteiger partial charge is 0.131 e. The van der Waals surface area contributed by atoms with Crippen molar-refractivity contribution in [3.8, 4) is 0 Å². The normalized spacial score (nSPS) is 12.6. The zero-order valence-corrected chi connectivity index (χ0v) is 13.2. The lowest BCUT2D eigenvalue weighted by atomic mass is 9.95. The van der Waals surface area contributed by atoms with Crippen LogP contribution in [0.25, 0.3) is 10.8 Å². The number of benzene rings is 3. The number of hydrogen-bond acceptors (Lipinski definition) is 1. The summed E-state index contributed by atoms with van der Waals surface area (Å²) in [4.78, 5) is 0. The van der Waals surface area contributed by atoms with Gasteiger partial charge < -0.3 is 5.11 Å². The first-order valence-electron chi connectivity index (χ1n) is 6.38. The quantitative estimate of drug-likeness (QED) is 0.638. The van der Waals surface area contributed by atoms with Crippen LogP contribution in [0.15, 0.2) is 59.1 Å². The number of aliphatic hydroxyl groups excluding tert-OH is 1. The lowest BCUT2D eigenvalue weighted by Crippen LogP contribution is -2.02. The predicted molar refractivity (Wildman–Crippen MR) is 87.1 cm³/mol. The lowest BCUT2D eigenvalue weighted by molar-refractivity contribution is 0.221. The molecule has 106 valence electrons. The highest BCUT2D eigenvalue weighted by molar-refractivity contribution is 9.10. The Bertz CT molecular complexity index is 819. The summed E-state index contributed by atoms with van der Waals surface area (Å²) < 4.78 is 14.6. The molecule has 0 amide bonds. The highest BCUT2D eigenvalue weighted by Gasteiger charge is 2.17. The second-order valence-corrected chi connectivity index (χ2v) is 6.04. The molecule has 0 bridgehead atoms. The molecular formula is C17H11BrClFO. The van der Waals surface area contributed by atoms with Crippen molar-refractivity contribution >= 4 is 38.3 Å². The van der Waals surface area contributed by atoms with Crippen LogP contribution in [0.4, 0.5) is 4.39 Å². The minimum absolute atomic E-state index is 0.295. The molecule has 0 heterocycles. The molecule has 0 spiro atoms. The van der Waals surface area contributed by atoms with E-state index in [1.54, 1.807) is 42.5 Å². The van der Waals surface area contributed by atoms with Crippen LogP contribution in [-0.2, 0) is 0 Å². The molecule has 0 aliphatic rings. The molecule has 3 aromatic carbocycles. The van der Waals surface area contributed by atoms with Crippen LogP contribution in [0.2, 0.25) is 5.02 Å². The van der Waals surface area contributed by atoms with Crippen molar-refractivity contribution in [3.63, 3.8) is 0 Å². The molecule has 3 rings (SSSR count). The average Bonchev–Trinajstić information content (AvgIpc) is 2.47. The van der Waals surface area contributed by atoms with Gasteiger partial charge in [0, 0.05) is 14.9 Å². The van der Waals surface area contributed by atoms with E-state index in [2.05, 4.69) is 15.9 Å². The topological polar surface area (TPSA) is 20.2 Å². The van der Waals surface area contributed by atoms with Gasteiger partial charge in [-0.2, -0.15) is 0 Å². The molecule has 0 saturated heterocycles. The van der Waals surface area contributed by atoms with E-state index in [9.17, 15) is 9.50 Å². The highest BCUT2D eigenvalue weighted by Crippen LogP contribution is 2.34. The van der Waals surface area contributed by atoms with Gasteiger partial charge in [-0.1, -0.05) is 63.9 Å². The Labute approximate surface area is 135 Å². The molecule has 21 heavy (non-hydrogen) atoms. The first-order chi connectivity index (χ1) is 10.1. The van der Waals surface area contributed by atoms with Crippen LogP contribution in [-0.4, -0.2) is 5.11 Å². The summed E-state index contributed by atoms with van der Waals surface area (Å²) in [5.41, 5.74) is 1.35. The Kier molecular flexibility index (Phi) is 3.98. The number of fused-ring (bicyclic) bond motifs is 1. The van der Waals surface area contributed by atoms with Crippen molar-refractivity contribution in [1.29, 1.82) is 0 Å². The Balaban J connectivity index is 2.18. The Morgan fingerprint density at radius 3 is 2.33 bits per heavy atom. The van der Waals surface area contributed by atoms with Crippen LogP contribution in [0.5, 0.6) is 0 Å². The van der Waals surface area contributed by atoms with Crippen molar-refractivity contribution in [1.82, 2.24) is 0 Å². The fourth-order valence-electron chi connectivity index (χ4n) is 2.41. The van der Waals surface area contributed by atoms with Gasteiger partial charge in [-0.25, -0.2) is 4.39 Å². The van der Waals surface area contributed by atoms with E-state index in [4.69, 9.17) is 11.6 Å². The number of halogens is 3. The highest BCUT2D eigenvalue weighted by atomic mass is 79.9. The van der Waals surface area contributed by atoms with Gasteiger partial charge in [-0.15, -0.1) is 0 Å². The van der Waals surface area contributed by atoms with E-state index in [0.29, 0.717) is 26.9 Å². The molecule has 0 aliphatic carbocycles. The van der Waals surface area contributed by atoms with E-state index < -0.39 is 6.10 Å². The third-order valence-corrected chi connectivity index (χ3v) is 4.38. The molecule has 0 radical (unpaired) electrons. The standard InChI is InChI=1S/C17H11BrClFO/c18-15-9-10(19)5-6-14(15)17(21)13-7-8-16(20)12-4-2-1-3-11(12)13/h1-9,17,21H. The van der Waals surface area contributed by atoms with Gasteiger partial charge in [0.05, 0.1) is 0 Å². The molecule has 1 nitrogen and oxygen atoms in total. The molecule has 1 unspecified atom stereocenters. The largest absolute Gasteiger partial charge is 0.384 e. The van der Waals surface area contributed by atoms with E-state index in [1.807, 2.05) is 6.07 Å². The van der Waals surface area contributed by atoms with Gasteiger partial charge >= 0.3 is 0 Å². The maximum Gasteiger partial charge on any atom is 0.131 e. The molecule has 0 aliphatic heterocycles. The number of aliphatic hydroxyl groups is 1. The second-order valence-electron chi connectivity index (χ2n) is 4.75. The molecule has 1 atom stereocenters. The van der Waals surface area contributed by atoms with E-state index in [-0.39, 0.29) is 5.82 Å². The van der Waals surface area contributed by atoms with Gasteiger partial charge in [0.2, 0.25) is 0 Å². The SMILES string of the molecule is OC(c1ccc(Cl)cc1Br)c1ccc(F)c2ccccc12. The maximum atomic E-state index is 13.9. The summed E-state index contributed by atoms with van der Waals surface area (Å²) in [6, 6.07) is 15.3. The molecule has 3 aromatic rings. The summed E-state index contributed by atoms with van der Waals surface area (Å²) in [6.07, 6.45) is -0.859. The van der Waals surface area contributed by atoms with Crippen molar-refractivity contribution in [2.45, 2.75) is 6.10 Å². The van der Waals surface area contributed by atoms with Crippen LogP contribution >= 0.6 is 27.5 Å². The third kappa shape index (κ3) is 2.69. The fourth-order valence-corrected chi connectivity index (χ4v) is 3.31. The first-order valence-corrected chi connectivity index (χ1v) is 7.55. The molecule has 0 fully saturated rings. The summed E-state index contributed by atoms with van der Waals surface area (Å²) >= 11 is 9.33. The molecule has 0 aromatic heterocycles. The lowest BCUT2D eigenvalue weighted by Gasteiger charge is -2.16.